The van der Waals surface area contributed by atoms with Crippen LogP contribution in [0.15, 0.2) is 0 Å². The highest BCUT2D eigenvalue weighted by Gasteiger charge is 2.45. The number of likely N-dealkylation sites (N-methyl/N-ethyl adjacent to an activating group) is 1. The molecule has 0 aromatic rings. The smallest absolute Gasteiger partial charge is 0.0783 e. The standard InChI is InChI=1S/C15H30N2OS/c1-5-14(2,17(3)4)13(16)12-6-8-18-15(10-12)7-9-19-11-15/h12-13H,5-11,16H2,1-4H3. The van der Waals surface area contributed by atoms with Gasteiger partial charge in [0.1, 0.15) is 0 Å². The molecule has 4 atom stereocenters. The third kappa shape index (κ3) is 2.97. The molecule has 19 heavy (non-hydrogen) atoms. The zero-order valence-electron chi connectivity index (χ0n) is 12.9. The second-order valence-electron chi connectivity index (χ2n) is 6.72. The summed E-state index contributed by atoms with van der Waals surface area (Å²) in [4.78, 5) is 2.31. The van der Waals surface area contributed by atoms with Crippen molar-refractivity contribution in [3.63, 3.8) is 0 Å². The van der Waals surface area contributed by atoms with Crippen LogP contribution < -0.4 is 5.73 Å². The molecule has 2 N–H and O–H groups in total. The van der Waals surface area contributed by atoms with Crippen molar-refractivity contribution in [2.45, 2.75) is 56.7 Å². The Balaban J connectivity index is 2.08. The SMILES string of the molecule is CCC(C)(C(N)C1CCOC2(CCSC2)C1)N(C)C. The Morgan fingerprint density at radius 1 is 1.53 bits per heavy atom. The first-order valence-electron chi connectivity index (χ1n) is 7.58. The molecule has 2 aliphatic heterocycles. The fourth-order valence-electron chi connectivity index (χ4n) is 3.59. The van der Waals surface area contributed by atoms with Crippen LogP contribution in [-0.2, 0) is 4.74 Å². The Morgan fingerprint density at radius 2 is 2.26 bits per heavy atom. The van der Waals surface area contributed by atoms with E-state index in [2.05, 4.69) is 32.8 Å². The van der Waals surface area contributed by atoms with Crippen molar-refractivity contribution >= 4 is 11.8 Å². The highest BCUT2D eigenvalue weighted by Crippen LogP contribution is 2.42. The molecule has 4 unspecified atom stereocenters. The number of rotatable bonds is 4. The molecule has 2 rings (SSSR count). The van der Waals surface area contributed by atoms with Gasteiger partial charge in [-0.15, -0.1) is 0 Å². The van der Waals surface area contributed by atoms with Crippen LogP contribution in [0, 0.1) is 5.92 Å². The lowest BCUT2D eigenvalue weighted by atomic mass is 9.73. The molecule has 0 bridgehead atoms. The van der Waals surface area contributed by atoms with Crippen molar-refractivity contribution in [3.05, 3.63) is 0 Å². The summed E-state index contributed by atoms with van der Waals surface area (Å²) >= 11 is 2.04. The van der Waals surface area contributed by atoms with Crippen molar-refractivity contribution in [1.82, 2.24) is 4.90 Å². The molecule has 2 aliphatic rings. The summed E-state index contributed by atoms with van der Waals surface area (Å²) in [5.41, 5.74) is 6.92. The van der Waals surface area contributed by atoms with Gasteiger partial charge >= 0.3 is 0 Å². The van der Waals surface area contributed by atoms with Crippen LogP contribution in [0.5, 0.6) is 0 Å². The van der Waals surface area contributed by atoms with Gasteiger partial charge in [0.15, 0.2) is 0 Å². The van der Waals surface area contributed by atoms with Gasteiger partial charge in [-0.05, 0) is 58.4 Å². The summed E-state index contributed by atoms with van der Waals surface area (Å²) in [7, 11) is 4.31. The van der Waals surface area contributed by atoms with E-state index in [1.165, 1.54) is 17.9 Å². The van der Waals surface area contributed by atoms with Crippen LogP contribution in [0.25, 0.3) is 0 Å². The Morgan fingerprint density at radius 3 is 2.79 bits per heavy atom. The van der Waals surface area contributed by atoms with Gasteiger partial charge in [0.05, 0.1) is 5.60 Å². The number of hydrogen-bond acceptors (Lipinski definition) is 4. The molecule has 112 valence electrons. The average molecular weight is 286 g/mol. The van der Waals surface area contributed by atoms with Crippen molar-refractivity contribution in [3.8, 4) is 0 Å². The number of nitrogens with two attached hydrogens (primary N) is 1. The Hall–Kier alpha value is 0.230. The third-order valence-corrected chi connectivity index (χ3v) is 6.78. The second kappa shape index (κ2) is 5.92. The Bertz CT molecular complexity index is 305. The minimum atomic E-state index is 0.0922. The largest absolute Gasteiger partial charge is 0.374 e. The summed E-state index contributed by atoms with van der Waals surface area (Å²) in [6.45, 7) is 5.45. The molecule has 0 aliphatic carbocycles. The van der Waals surface area contributed by atoms with Gasteiger partial charge in [-0.1, -0.05) is 6.92 Å². The van der Waals surface area contributed by atoms with Crippen LogP contribution in [0.3, 0.4) is 0 Å². The van der Waals surface area contributed by atoms with E-state index >= 15 is 0 Å². The Labute approximate surface area is 122 Å². The van der Waals surface area contributed by atoms with Crippen LogP contribution >= 0.6 is 11.8 Å². The lowest BCUT2D eigenvalue weighted by Crippen LogP contribution is -2.60. The number of thioether (sulfide) groups is 1. The van der Waals surface area contributed by atoms with Crippen LogP contribution in [-0.4, -0.2) is 54.3 Å². The van der Waals surface area contributed by atoms with Gasteiger partial charge in [0, 0.05) is 23.9 Å². The molecule has 2 fully saturated rings. The zero-order valence-corrected chi connectivity index (χ0v) is 13.8. The third-order valence-electron chi connectivity index (χ3n) is 5.56. The molecule has 2 heterocycles. The maximum atomic E-state index is 6.69. The summed E-state index contributed by atoms with van der Waals surface area (Å²) in [6, 6.07) is 0.235. The minimum Gasteiger partial charge on any atom is -0.374 e. The maximum Gasteiger partial charge on any atom is 0.0783 e. The zero-order chi connectivity index (χ0) is 14.1. The predicted molar refractivity (Wildman–Crippen MR) is 83.7 cm³/mol. The first kappa shape index (κ1) is 15.6. The lowest BCUT2D eigenvalue weighted by Gasteiger charge is -2.48. The number of nitrogens with zero attached hydrogens (tertiary/aromatic N) is 1. The average Bonchev–Trinajstić information content (AvgIpc) is 2.84. The van der Waals surface area contributed by atoms with Gasteiger partial charge in [-0.3, -0.25) is 0 Å². The molecule has 0 radical (unpaired) electrons. The maximum absolute atomic E-state index is 6.69. The quantitative estimate of drug-likeness (QED) is 0.861. The van der Waals surface area contributed by atoms with Crippen LogP contribution in [0.2, 0.25) is 0 Å². The highest BCUT2D eigenvalue weighted by molar-refractivity contribution is 7.99. The summed E-state index contributed by atoms with van der Waals surface area (Å²) in [5, 5.41) is 0. The molecular weight excluding hydrogens is 256 g/mol. The second-order valence-corrected chi connectivity index (χ2v) is 7.82. The van der Waals surface area contributed by atoms with E-state index in [1.807, 2.05) is 11.8 Å². The van der Waals surface area contributed by atoms with Crippen LogP contribution in [0.1, 0.15) is 39.5 Å². The van der Waals surface area contributed by atoms with E-state index in [9.17, 15) is 0 Å². The number of hydrogen-bond donors (Lipinski definition) is 1. The molecule has 0 saturated carbocycles. The van der Waals surface area contributed by atoms with E-state index in [1.54, 1.807) is 0 Å². The summed E-state index contributed by atoms with van der Waals surface area (Å²) in [6.07, 6.45) is 4.59. The molecule has 3 nitrogen and oxygen atoms in total. The molecular formula is C15H30N2OS. The summed E-state index contributed by atoms with van der Waals surface area (Å²) < 4.78 is 6.12. The van der Waals surface area contributed by atoms with E-state index in [0.29, 0.717) is 5.92 Å². The van der Waals surface area contributed by atoms with Crippen molar-refractivity contribution < 1.29 is 4.74 Å². The van der Waals surface area contributed by atoms with Crippen molar-refractivity contribution in [1.29, 1.82) is 0 Å². The first-order chi connectivity index (χ1) is 8.93. The topological polar surface area (TPSA) is 38.5 Å². The molecule has 1 spiro atoms. The van der Waals surface area contributed by atoms with E-state index in [-0.39, 0.29) is 17.2 Å². The van der Waals surface area contributed by atoms with Gasteiger partial charge in [0.2, 0.25) is 0 Å². The van der Waals surface area contributed by atoms with Crippen molar-refractivity contribution in [2.24, 2.45) is 11.7 Å². The van der Waals surface area contributed by atoms with Crippen LogP contribution in [0.4, 0.5) is 0 Å². The van der Waals surface area contributed by atoms with E-state index < -0.39 is 0 Å². The fourth-order valence-corrected chi connectivity index (χ4v) is 4.97. The van der Waals surface area contributed by atoms with Gasteiger partial charge < -0.3 is 15.4 Å². The Kier molecular flexibility index (Phi) is 4.87. The molecule has 4 heteroatoms. The van der Waals surface area contributed by atoms with E-state index in [4.69, 9.17) is 10.5 Å². The number of ether oxygens (including phenoxy) is 1. The fraction of sp³-hybridized carbons (Fsp3) is 1.00. The van der Waals surface area contributed by atoms with Gasteiger partial charge in [-0.25, -0.2) is 0 Å². The lowest BCUT2D eigenvalue weighted by molar-refractivity contribution is -0.0916. The highest BCUT2D eigenvalue weighted by atomic mass is 32.2. The molecule has 2 saturated heterocycles. The van der Waals surface area contributed by atoms with Gasteiger partial charge in [0.25, 0.3) is 0 Å². The monoisotopic (exact) mass is 286 g/mol. The van der Waals surface area contributed by atoms with E-state index in [0.717, 1.165) is 25.9 Å². The minimum absolute atomic E-state index is 0.0922. The first-order valence-corrected chi connectivity index (χ1v) is 8.74. The molecule has 0 aromatic heterocycles. The normalized spacial score (nSPS) is 36.6. The summed E-state index contributed by atoms with van der Waals surface area (Å²) in [5.74, 6) is 3.02. The molecule has 0 amide bonds. The molecule has 0 aromatic carbocycles. The van der Waals surface area contributed by atoms with Gasteiger partial charge in [-0.2, -0.15) is 11.8 Å². The van der Waals surface area contributed by atoms with Crippen molar-refractivity contribution in [2.75, 3.05) is 32.2 Å². The predicted octanol–water partition coefficient (Wildman–Crippen LogP) is 2.35.